The first-order valence-electron chi connectivity index (χ1n) is 11.3. The number of rotatable bonds is 4. The summed E-state index contributed by atoms with van der Waals surface area (Å²) in [5, 5.41) is 19.2. The van der Waals surface area contributed by atoms with Crippen molar-refractivity contribution in [2.45, 2.75) is 84.7 Å². The molecule has 8 atom stereocenters. The highest BCUT2D eigenvalue weighted by Gasteiger charge is 2.60. The number of carbonyl (C=O) groups excluding carboxylic acids is 1. The van der Waals surface area contributed by atoms with Crippen molar-refractivity contribution >= 4 is 11.8 Å². The average molecular weight is 389 g/mol. The molecule has 0 heterocycles. The monoisotopic (exact) mass is 388 g/mol. The second-order valence-corrected chi connectivity index (χ2v) is 10.7. The first kappa shape index (κ1) is 20.1. The van der Waals surface area contributed by atoms with Gasteiger partial charge in [0.15, 0.2) is 5.78 Å². The predicted molar refractivity (Wildman–Crippen MR) is 108 cm³/mol. The van der Waals surface area contributed by atoms with Crippen molar-refractivity contribution in [2.75, 3.05) is 0 Å². The molecule has 4 heteroatoms. The second-order valence-electron chi connectivity index (χ2n) is 10.7. The molecule has 0 radical (unpaired) electrons. The van der Waals surface area contributed by atoms with E-state index in [1.807, 2.05) is 6.08 Å². The van der Waals surface area contributed by atoms with E-state index in [-0.39, 0.29) is 29.3 Å². The fourth-order valence-corrected chi connectivity index (χ4v) is 7.79. The summed E-state index contributed by atoms with van der Waals surface area (Å²) in [6.45, 7) is 6.68. The Labute approximate surface area is 168 Å². The summed E-state index contributed by atoms with van der Waals surface area (Å²) < 4.78 is 0. The summed E-state index contributed by atoms with van der Waals surface area (Å²) in [6.07, 6.45) is 9.87. The molecule has 0 aromatic rings. The Balaban J connectivity index is 1.63. The fraction of sp³-hybridized carbons (Fsp3) is 0.833. The van der Waals surface area contributed by atoms with E-state index in [9.17, 15) is 14.7 Å². The van der Waals surface area contributed by atoms with Crippen LogP contribution in [0, 0.1) is 40.4 Å². The maximum absolute atomic E-state index is 13.5. The van der Waals surface area contributed by atoms with Crippen molar-refractivity contribution in [1.82, 2.24) is 0 Å². The highest BCUT2D eigenvalue weighted by molar-refractivity contribution is 5.97. The molecule has 0 aromatic heterocycles. The predicted octanol–water partition coefficient (Wildman–Crippen LogP) is 4.61. The van der Waals surface area contributed by atoms with Crippen LogP contribution in [0.5, 0.6) is 0 Å². The maximum atomic E-state index is 13.5. The Kier molecular flexibility index (Phi) is 5.01. The zero-order valence-corrected chi connectivity index (χ0v) is 17.6. The molecule has 28 heavy (non-hydrogen) atoms. The Morgan fingerprint density at radius 1 is 1.21 bits per heavy atom. The number of carboxylic acid groups (broad SMARTS) is 1. The summed E-state index contributed by atoms with van der Waals surface area (Å²) in [4.78, 5) is 24.6. The van der Waals surface area contributed by atoms with E-state index < -0.39 is 5.97 Å². The van der Waals surface area contributed by atoms with E-state index in [1.165, 1.54) is 5.57 Å². The van der Waals surface area contributed by atoms with E-state index in [0.29, 0.717) is 35.9 Å². The molecule has 3 fully saturated rings. The van der Waals surface area contributed by atoms with Crippen molar-refractivity contribution in [2.24, 2.45) is 40.4 Å². The number of hydrogen-bond donors (Lipinski definition) is 2. The van der Waals surface area contributed by atoms with Crippen LogP contribution < -0.4 is 0 Å². The van der Waals surface area contributed by atoms with Crippen LogP contribution in [0.3, 0.4) is 0 Å². The van der Waals surface area contributed by atoms with Crippen LogP contribution in [0.2, 0.25) is 0 Å². The summed E-state index contributed by atoms with van der Waals surface area (Å²) in [7, 11) is 0. The van der Waals surface area contributed by atoms with Gasteiger partial charge < -0.3 is 10.2 Å². The molecule has 0 saturated heterocycles. The van der Waals surface area contributed by atoms with Crippen molar-refractivity contribution in [3.05, 3.63) is 11.6 Å². The van der Waals surface area contributed by atoms with Crippen molar-refractivity contribution in [1.29, 1.82) is 0 Å². The van der Waals surface area contributed by atoms with Crippen molar-refractivity contribution in [3.8, 4) is 0 Å². The van der Waals surface area contributed by atoms with Crippen LogP contribution in [0.15, 0.2) is 11.6 Å². The molecule has 0 amide bonds. The molecule has 0 aliphatic heterocycles. The molecular formula is C24H36O4. The number of hydrogen-bond acceptors (Lipinski definition) is 3. The third-order valence-corrected chi connectivity index (χ3v) is 9.47. The number of ketones is 1. The van der Waals surface area contributed by atoms with E-state index in [1.54, 1.807) is 0 Å². The molecule has 2 N–H and O–H groups in total. The molecule has 0 bridgehead atoms. The first-order chi connectivity index (χ1) is 13.2. The SMILES string of the molecule is C[C@@H](CCC(=O)O)[C@@H]1CC[C@H]2[C@H]3CC[C@H]4C[C@H](O)CC[C@]4(C)C3=CC(=O)[C@]12C. The van der Waals surface area contributed by atoms with Crippen LogP contribution in [-0.4, -0.2) is 28.1 Å². The molecule has 3 saturated carbocycles. The van der Waals surface area contributed by atoms with Gasteiger partial charge in [0.2, 0.25) is 0 Å². The van der Waals surface area contributed by atoms with Gasteiger partial charge in [-0.1, -0.05) is 26.3 Å². The van der Waals surface area contributed by atoms with Gasteiger partial charge in [0, 0.05) is 11.8 Å². The number of aliphatic hydroxyl groups excluding tert-OH is 1. The highest BCUT2D eigenvalue weighted by Crippen LogP contribution is 2.65. The summed E-state index contributed by atoms with van der Waals surface area (Å²) in [5.74, 6) is 1.51. The third kappa shape index (κ3) is 2.89. The number of carboxylic acids is 1. The zero-order chi connectivity index (χ0) is 20.3. The number of aliphatic carboxylic acids is 1. The minimum Gasteiger partial charge on any atom is -0.481 e. The van der Waals surface area contributed by atoms with E-state index in [2.05, 4.69) is 20.8 Å². The maximum Gasteiger partial charge on any atom is 0.303 e. The summed E-state index contributed by atoms with van der Waals surface area (Å²) in [5.41, 5.74) is 1.14. The lowest BCUT2D eigenvalue weighted by Crippen LogP contribution is -2.52. The molecule has 0 spiro atoms. The molecule has 0 aromatic carbocycles. The molecule has 156 valence electrons. The van der Waals surface area contributed by atoms with Crippen LogP contribution in [0.25, 0.3) is 0 Å². The minimum atomic E-state index is -0.741. The number of carbonyl (C=O) groups is 2. The fourth-order valence-electron chi connectivity index (χ4n) is 7.79. The van der Waals surface area contributed by atoms with Gasteiger partial charge in [-0.3, -0.25) is 9.59 Å². The average Bonchev–Trinajstić information content (AvgIpc) is 3.00. The lowest BCUT2D eigenvalue weighted by Gasteiger charge is -2.56. The summed E-state index contributed by atoms with van der Waals surface area (Å²) in [6, 6.07) is 0. The minimum absolute atomic E-state index is 0.0755. The third-order valence-electron chi connectivity index (χ3n) is 9.47. The van der Waals surface area contributed by atoms with Crippen LogP contribution in [-0.2, 0) is 9.59 Å². The van der Waals surface area contributed by atoms with Crippen LogP contribution >= 0.6 is 0 Å². The van der Waals surface area contributed by atoms with E-state index in [4.69, 9.17) is 5.11 Å². The Bertz CT molecular complexity index is 697. The van der Waals surface area contributed by atoms with Gasteiger partial charge in [0.1, 0.15) is 0 Å². The standard InChI is InChI=1S/C24H36O4/c1-14(4-9-22(27)28)18-7-8-19-17-6-5-15-12-16(25)10-11-23(15,2)20(17)13-21(26)24(18,19)3/h13-19,25H,4-12H2,1-3H3,(H,27,28)/t14-,15-,16+,17+,18-,19-,23-,24+/m0/s1. The quantitative estimate of drug-likeness (QED) is 0.738. The summed E-state index contributed by atoms with van der Waals surface area (Å²) >= 11 is 0. The van der Waals surface area contributed by atoms with Gasteiger partial charge in [-0.15, -0.1) is 0 Å². The van der Waals surface area contributed by atoms with Crippen LogP contribution in [0.1, 0.15) is 78.6 Å². The lowest BCUT2D eigenvalue weighted by molar-refractivity contribution is -0.137. The molecule has 4 aliphatic rings. The molecule has 4 aliphatic carbocycles. The Morgan fingerprint density at radius 2 is 1.96 bits per heavy atom. The Morgan fingerprint density at radius 3 is 2.68 bits per heavy atom. The normalized spacial score (nSPS) is 46.2. The smallest absolute Gasteiger partial charge is 0.303 e. The zero-order valence-electron chi connectivity index (χ0n) is 17.6. The van der Waals surface area contributed by atoms with Gasteiger partial charge in [0.05, 0.1) is 6.10 Å². The number of aliphatic hydroxyl groups is 1. The van der Waals surface area contributed by atoms with Crippen molar-refractivity contribution in [3.63, 3.8) is 0 Å². The van der Waals surface area contributed by atoms with Crippen molar-refractivity contribution < 1.29 is 19.8 Å². The van der Waals surface area contributed by atoms with Gasteiger partial charge in [-0.25, -0.2) is 0 Å². The number of fused-ring (bicyclic) bond motifs is 5. The van der Waals surface area contributed by atoms with Gasteiger partial charge in [-0.05, 0) is 92.4 Å². The second kappa shape index (κ2) is 6.97. The van der Waals surface area contributed by atoms with E-state index in [0.717, 1.165) is 44.9 Å². The van der Waals surface area contributed by atoms with Gasteiger partial charge >= 0.3 is 5.97 Å². The van der Waals surface area contributed by atoms with Crippen LogP contribution in [0.4, 0.5) is 0 Å². The van der Waals surface area contributed by atoms with Gasteiger partial charge in [0.25, 0.3) is 0 Å². The largest absolute Gasteiger partial charge is 0.481 e. The Hall–Kier alpha value is -1.16. The van der Waals surface area contributed by atoms with Gasteiger partial charge in [-0.2, -0.15) is 0 Å². The first-order valence-corrected chi connectivity index (χ1v) is 11.3. The van der Waals surface area contributed by atoms with E-state index >= 15 is 0 Å². The molecule has 0 unspecified atom stereocenters. The molecule has 4 rings (SSSR count). The number of allylic oxidation sites excluding steroid dienone is 2. The lowest BCUT2D eigenvalue weighted by atomic mass is 9.48. The highest BCUT2D eigenvalue weighted by atomic mass is 16.4. The topological polar surface area (TPSA) is 74.6 Å². The molecular weight excluding hydrogens is 352 g/mol. The molecule has 4 nitrogen and oxygen atoms in total.